The van der Waals surface area contributed by atoms with Gasteiger partial charge in [0, 0.05) is 37.3 Å². The van der Waals surface area contributed by atoms with Gasteiger partial charge < -0.3 is 19.0 Å². The van der Waals surface area contributed by atoms with E-state index in [1.807, 2.05) is 30.3 Å². The smallest absolute Gasteiger partial charge is 0.289 e. The van der Waals surface area contributed by atoms with Gasteiger partial charge in [-0.1, -0.05) is 41.7 Å². The fourth-order valence-electron chi connectivity index (χ4n) is 3.92. The van der Waals surface area contributed by atoms with Gasteiger partial charge in [-0.3, -0.25) is 9.59 Å². The van der Waals surface area contributed by atoms with Gasteiger partial charge in [0.25, 0.3) is 5.91 Å². The Labute approximate surface area is 201 Å². The van der Waals surface area contributed by atoms with E-state index in [1.54, 1.807) is 48.4 Å². The summed E-state index contributed by atoms with van der Waals surface area (Å²) in [7, 11) is 1.60. The lowest BCUT2D eigenvalue weighted by atomic mass is 10.0. The van der Waals surface area contributed by atoms with Crippen molar-refractivity contribution >= 4 is 28.2 Å². The minimum absolute atomic E-state index is 0.0723. The van der Waals surface area contributed by atoms with E-state index in [-0.39, 0.29) is 11.7 Å². The van der Waals surface area contributed by atoms with Crippen LogP contribution in [0.5, 0.6) is 5.75 Å². The number of anilines is 1. The van der Waals surface area contributed by atoms with Crippen LogP contribution in [-0.2, 0) is 0 Å². The third-order valence-electron chi connectivity index (χ3n) is 5.79. The fraction of sp³-hybridized carbons (Fsp3) is 0.192. The van der Waals surface area contributed by atoms with Gasteiger partial charge in [0.15, 0.2) is 10.9 Å². The number of rotatable bonds is 6. The number of carbonyl (C=O) groups excluding carboxylic acids is 2. The maximum atomic E-state index is 13.5. The topological polar surface area (TPSA) is 75.9 Å². The monoisotopic (exact) mass is 473 g/mol. The maximum absolute atomic E-state index is 13.5. The number of nitrogens with zero attached hydrogens (tertiary/aromatic N) is 3. The molecular weight excluding hydrogens is 450 g/mol. The van der Waals surface area contributed by atoms with Gasteiger partial charge in [0.1, 0.15) is 10.6 Å². The van der Waals surface area contributed by atoms with Crippen LogP contribution in [0.15, 0.2) is 77.4 Å². The molecule has 1 aliphatic rings. The highest BCUT2D eigenvalue weighted by molar-refractivity contribution is 7.18. The van der Waals surface area contributed by atoms with Gasteiger partial charge in [-0.2, -0.15) is 0 Å². The summed E-state index contributed by atoms with van der Waals surface area (Å²) in [4.78, 5) is 35.4. The van der Waals surface area contributed by atoms with Crippen molar-refractivity contribution in [2.75, 3.05) is 38.2 Å². The Morgan fingerprint density at radius 2 is 1.68 bits per heavy atom. The van der Waals surface area contributed by atoms with Gasteiger partial charge >= 0.3 is 0 Å². The molecule has 1 amide bonds. The first-order valence-electron chi connectivity index (χ1n) is 11.0. The molecule has 34 heavy (non-hydrogen) atoms. The number of aromatic nitrogens is 1. The van der Waals surface area contributed by atoms with Crippen molar-refractivity contribution in [3.05, 3.63) is 89.2 Å². The molecular formula is C26H23N3O4S. The molecule has 1 saturated heterocycles. The van der Waals surface area contributed by atoms with E-state index in [9.17, 15) is 9.59 Å². The van der Waals surface area contributed by atoms with Gasteiger partial charge in [-0.25, -0.2) is 4.98 Å². The Hall–Kier alpha value is -3.91. The fourth-order valence-corrected chi connectivity index (χ4v) is 5.02. The molecule has 1 fully saturated rings. The largest absolute Gasteiger partial charge is 0.497 e. The normalized spacial score (nSPS) is 13.7. The Morgan fingerprint density at radius 1 is 0.941 bits per heavy atom. The van der Waals surface area contributed by atoms with E-state index in [0.29, 0.717) is 53.8 Å². The van der Waals surface area contributed by atoms with Crippen LogP contribution in [0, 0.1) is 0 Å². The molecule has 0 atom stereocenters. The van der Waals surface area contributed by atoms with E-state index in [1.165, 1.54) is 17.6 Å². The first-order valence-corrected chi connectivity index (χ1v) is 11.8. The summed E-state index contributed by atoms with van der Waals surface area (Å²) in [5.74, 6) is 0.870. The van der Waals surface area contributed by atoms with Crippen LogP contribution in [0.1, 0.15) is 25.8 Å². The number of thiazole rings is 1. The second-order valence-electron chi connectivity index (χ2n) is 7.85. The molecule has 172 valence electrons. The number of furan rings is 1. The minimum Gasteiger partial charge on any atom is -0.497 e. The standard InChI is InChI=1S/C26H23N3O4S/c1-32-20-11-9-19(10-12-20)23(30)24-22(18-6-3-2-4-7-18)27-26(34-24)29-15-13-28(14-16-29)25(31)21-8-5-17-33-21/h2-12,17H,13-16H2,1H3. The minimum atomic E-state index is -0.107. The van der Waals surface area contributed by atoms with E-state index in [2.05, 4.69) is 4.90 Å². The number of carbonyl (C=O) groups is 2. The first-order chi connectivity index (χ1) is 16.6. The van der Waals surface area contributed by atoms with Crippen LogP contribution < -0.4 is 9.64 Å². The molecule has 1 aliphatic heterocycles. The molecule has 0 radical (unpaired) electrons. The molecule has 2 aromatic carbocycles. The van der Waals surface area contributed by atoms with Crippen molar-refractivity contribution < 1.29 is 18.7 Å². The van der Waals surface area contributed by atoms with Crippen LogP contribution in [0.2, 0.25) is 0 Å². The van der Waals surface area contributed by atoms with Crippen molar-refractivity contribution in [1.82, 2.24) is 9.88 Å². The summed E-state index contributed by atoms with van der Waals surface area (Å²) in [5.41, 5.74) is 2.16. The summed E-state index contributed by atoms with van der Waals surface area (Å²) in [6.45, 7) is 2.37. The predicted molar refractivity (Wildman–Crippen MR) is 131 cm³/mol. The Morgan fingerprint density at radius 3 is 2.32 bits per heavy atom. The lowest BCUT2D eigenvalue weighted by Gasteiger charge is -2.34. The number of ketones is 1. The number of amides is 1. The molecule has 0 unspecified atom stereocenters. The first kappa shape index (κ1) is 21.9. The quantitative estimate of drug-likeness (QED) is 0.381. The molecule has 3 heterocycles. The Kier molecular flexibility index (Phi) is 6.14. The third-order valence-corrected chi connectivity index (χ3v) is 6.91. The number of hydrogen-bond donors (Lipinski definition) is 0. The molecule has 5 rings (SSSR count). The van der Waals surface area contributed by atoms with Crippen LogP contribution in [0.25, 0.3) is 11.3 Å². The molecule has 2 aromatic heterocycles. The number of ether oxygens (including phenoxy) is 1. The summed E-state index contributed by atoms with van der Waals surface area (Å²) in [6, 6.07) is 20.3. The van der Waals surface area contributed by atoms with Gasteiger partial charge in [0.2, 0.25) is 5.78 Å². The average molecular weight is 474 g/mol. The highest BCUT2D eigenvalue weighted by Crippen LogP contribution is 2.35. The van der Waals surface area contributed by atoms with Gasteiger partial charge in [-0.05, 0) is 36.4 Å². The molecule has 0 saturated carbocycles. The Bertz CT molecular complexity index is 1280. The second kappa shape index (κ2) is 9.52. The van der Waals surface area contributed by atoms with Gasteiger partial charge in [-0.15, -0.1) is 0 Å². The SMILES string of the molecule is COc1ccc(C(=O)c2sc(N3CCN(C(=O)c4ccco4)CC3)nc2-c2ccccc2)cc1. The number of hydrogen-bond acceptors (Lipinski definition) is 7. The van der Waals surface area contributed by atoms with E-state index in [4.69, 9.17) is 14.1 Å². The number of piperazine rings is 1. The molecule has 7 nitrogen and oxygen atoms in total. The molecule has 8 heteroatoms. The van der Waals surface area contributed by atoms with E-state index >= 15 is 0 Å². The zero-order chi connectivity index (χ0) is 23.5. The van der Waals surface area contributed by atoms with Crippen LogP contribution >= 0.6 is 11.3 Å². The van der Waals surface area contributed by atoms with Crippen molar-refractivity contribution in [3.8, 4) is 17.0 Å². The summed E-state index contributed by atoms with van der Waals surface area (Å²) in [5, 5.41) is 0.779. The highest BCUT2D eigenvalue weighted by atomic mass is 32.1. The lowest BCUT2D eigenvalue weighted by molar-refractivity contribution is 0.0714. The number of benzene rings is 2. The maximum Gasteiger partial charge on any atom is 0.289 e. The van der Waals surface area contributed by atoms with Crippen molar-refractivity contribution in [2.45, 2.75) is 0 Å². The lowest BCUT2D eigenvalue weighted by Crippen LogP contribution is -2.48. The summed E-state index contributed by atoms with van der Waals surface area (Å²) < 4.78 is 10.5. The molecule has 0 bridgehead atoms. The third kappa shape index (κ3) is 4.32. The number of methoxy groups -OCH3 is 1. The molecule has 0 spiro atoms. The molecule has 4 aromatic rings. The van der Waals surface area contributed by atoms with Crippen molar-refractivity contribution in [3.63, 3.8) is 0 Å². The van der Waals surface area contributed by atoms with Crippen LogP contribution in [-0.4, -0.2) is 54.9 Å². The van der Waals surface area contributed by atoms with E-state index < -0.39 is 0 Å². The molecule has 0 N–H and O–H groups in total. The predicted octanol–water partition coefficient (Wildman–Crippen LogP) is 4.61. The Balaban J connectivity index is 1.41. The van der Waals surface area contributed by atoms with Crippen LogP contribution in [0.4, 0.5) is 5.13 Å². The van der Waals surface area contributed by atoms with Crippen molar-refractivity contribution in [1.29, 1.82) is 0 Å². The summed E-state index contributed by atoms with van der Waals surface area (Å²) in [6.07, 6.45) is 1.51. The average Bonchev–Trinajstić information content (AvgIpc) is 3.59. The highest BCUT2D eigenvalue weighted by Gasteiger charge is 2.28. The van der Waals surface area contributed by atoms with Gasteiger partial charge in [0.05, 0.1) is 19.1 Å². The summed E-state index contributed by atoms with van der Waals surface area (Å²) >= 11 is 1.39. The van der Waals surface area contributed by atoms with Crippen molar-refractivity contribution in [2.24, 2.45) is 0 Å². The van der Waals surface area contributed by atoms with Crippen LogP contribution in [0.3, 0.4) is 0 Å². The molecule has 0 aliphatic carbocycles. The zero-order valence-corrected chi connectivity index (χ0v) is 19.5. The second-order valence-corrected chi connectivity index (χ2v) is 8.83. The zero-order valence-electron chi connectivity index (χ0n) is 18.6. The van der Waals surface area contributed by atoms with E-state index in [0.717, 1.165) is 10.7 Å².